The van der Waals surface area contributed by atoms with Crippen molar-refractivity contribution in [1.29, 1.82) is 0 Å². The maximum absolute atomic E-state index is 12.5. The molecule has 33 heavy (non-hydrogen) atoms. The van der Waals surface area contributed by atoms with E-state index in [2.05, 4.69) is 25.3 Å². The molecule has 7 nitrogen and oxygen atoms in total. The van der Waals surface area contributed by atoms with Crippen LogP contribution in [0.15, 0.2) is 58.6 Å². The first-order valence-electron chi connectivity index (χ1n) is 10.1. The van der Waals surface area contributed by atoms with E-state index in [-0.39, 0.29) is 16.9 Å². The van der Waals surface area contributed by atoms with Gasteiger partial charge in [0.2, 0.25) is 16.2 Å². The number of thioether (sulfide) groups is 2. The highest BCUT2D eigenvalue weighted by atomic mass is 32.2. The van der Waals surface area contributed by atoms with Gasteiger partial charge in [-0.15, -0.1) is 11.8 Å². The number of aromatic nitrogens is 2. The lowest BCUT2D eigenvalue weighted by Crippen LogP contribution is -2.22. The molecular weight excluding hydrogens is 495 g/mol. The lowest BCUT2D eigenvalue weighted by atomic mass is 10.1. The van der Waals surface area contributed by atoms with E-state index >= 15 is 0 Å². The largest absolute Gasteiger partial charge is 0.332 e. The van der Waals surface area contributed by atoms with Gasteiger partial charge in [-0.3, -0.25) is 14.9 Å². The summed E-state index contributed by atoms with van der Waals surface area (Å²) in [6, 6.07) is 14.8. The zero-order chi connectivity index (χ0) is 23.8. The van der Waals surface area contributed by atoms with Gasteiger partial charge in [-0.25, -0.2) is 0 Å². The summed E-state index contributed by atoms with van der Waals surface area (Å²) in [6.45, 7) is 5.41. The van der Waals surface area contributed by atoms with Crippen LogP contribution in [0.2, 0.25) is 0 Å². The standard InChI is InChI=1S/C22H23N5O2S4/c1-4-31-22-26-21(33-27-22)25-19(29)14(3)32-18-7-5-6-17(12-18)24-20(30)23-16-10-8-15(9-11-16)13(2)28/h5-12,14H,4H2,1-3H3,(H2,23,24,30)(H,25,26,27,29). The summed E-state index contributed by atoms with van der Waals surface area (Å²) in [5.41, 5.74) is 2.23. The molecule has 0 aliphatic rings. The van der Waals surface area contributed by atoms with E-state index in [1.54, 1.807) is 24.3 Å². The van der Waals surface area contributed by atoms with Crippen molar-refractivity contribution < 1.29 is 9.59 Å². The molecule has 172 valence electrons. The number of hydrogen-bond acceptors (Lipinski definition) is 8. The van der Waals surface area contributed by atoms with Crippen molar-refractivity contribution in [3.8, 4) is 0 Å². The van der Waals surface area contributed by atoms with E-state index in [1.807, 2.05) is 38.1 Å². The number of nitrogens with zero attached hydrogens (tertiary/aromatic N) is 2. The number of anilines is 3. The molecule has 1 unspecified atom stereocenters. The lowest BCUT2D eigenvalue weighted by Gasteiger charge is -2.13. The first-order chi connectivity index (χ1) is 15.8. The van der Waals surface area contributed by atoms with E-state index in [1.165, 1.54) is 42.0 Å². The van der Waals surface area contributed by atoms with Gasteiger partial charge in [0.25, 0.3) is 0 Å². The Morgan fingerprint density at radius 2 is 1.82 bits per heavy atom. The Bertz CT molecular complexity index is 1130. The highest BCUT2D eigenvalue weighted by molar-refractivity contribution is 8.00. The molecule has 2 aromatic carbocycles. The molecule has 0 fully saturated rings. The molecule has 1 aromatic heterocycles. The van der Waals surface area contributed by atoms with Crippen molar-refractivity contribution in [1.82, 2.24) is 9.36 Å². The molecular formula is C22H23N5O2S4. The molecule has 0 saturated heterocycles. The fourth-order valence-corrected chi connectivity index (χ4v) is 5.08. The first-order valence-corrected chi connectivity index (χ1v) is 13.1. The third-order valence-electron chi connectivity index (χ3n) is 4.23. The number of benzene rings is 2. The second-order valence-corrected chi connectivity index (χ2v) is 10.6. The maximum atomic E-state index is 12.5. The summed E-state index contributed by atoms with van der Waals surface area (Å²) >= 11 is 9.56. The second-order valence-electron chi connectivity index (χ2n) is 6.80. The van der Waals surface area contributed by atoms with Crippen LogP contribution in [0.25, 0.3) is 0 Å². The van der Waals surface area contributed by atoms with Crippen molar-refractivity contribution in [2.45, 2.75) is 36.1 Å². The third kappa shape index (κ3) is 7.81. The Morgan fingerprint density at radius 1 is 1.09 bits per heavy atom. The van der Waals surface area contributed by atoms with Crippen molar-refractivity contribution in [3.63, 3.8) is 0 Å². The molecule has 0 spiro atoms. The summed E-state index contributed by atoms with van der Waals surface area (Å²) in [6.07, 6.45) is 0. The molecule has 3 N–H and O–H groups in total. The zero-order valence-electron chi connectivity index (χ0n) is 18.2. The number of ketones is 1. The molecule has 3 rings (SSSR count). The van der Waals surface area contributed by atoms with Gasteiger partial charge in [0.05, 0.1) is 5.25 Å². The van der Waals surface area contributed by atoms with Gasteiger partial charge in [-0.1, -0.05) is 24.8 Å². The molecule has 1 amide bonds. The summed E-state index contributed by atoms with van der Waals surface area (Å²) in [5.74, 6) is 0.767. The van der Waals surface area contributed by atoms with Gasteiger partial charge in [-0.2, -0.15) is 9.36 Å². The highest BCUT2D eigenvalue weighted by Gasteiger charge is 2.17. The average molecular weight is 518 g/mol. The molecule has 1 heterocycles. The fraction of sp³-hybridized carbons (Fsp3) is 0.227. The Kier molecular flexibility index (Phi) is 9.24. The quantitative estimate of drug-likeness (QED) is 0.185. The van der Waals surface area contributed by atoms with E-state index in [0.717, 1.165) is 22.0 Å². The fourth-order valence-electron chi connectivity index (χ4n) is 2.64. The Hall–Kier alpha value is -2.47. The van der Waals surface area contributed by atoms with Crippen LogP contribution in [-0.2, 0) is 4.79 Å². The van der Waals surface area contributed by atoms with Gasteiger partial charge in [-0.05, 0) is 74.3 Å². The Labute approximate surface area is 210 Å². The van der Waals surface area contributed by atoms with Crippen LogP contribution in [0.4, 0.5) is 16.5 Å². The number of amides is 1. The number of rotatable bonds is 9. The van der Waals surface area contributed by atoms with Gasteiger partial charge >= 0.3 is 0 Å². The summed E-state index contributed by atoms with van der Waals surface area (Å²) in [5, 5.41) is 10.4. The van der Waals surface area contributed by atoms with Crippen LogP contribution >= 0.6 is 47.3 Å². The monoisotopic (exact) mass is 517 g/mol. The number of nitrogens with one attached hydrogen (secondary N) is 3. The number of Topliss-reactive ketones (excluding diaryl/α,β-unsaturated/α-hetero) is 1. The molecule has 0 aliphatic heterocycles. The van der Waals surface area contributed by atoms with Crippen LogP contribution in [0.1, 0.15) is 31.1 Å². The van der Waals surface area contributed by atoms with Crippen LogP contribution in [0.3, 0.4) is 0 Å². The van der Waals surface area contributed by atoms with E-state index in [0.29, 0.717) is 21.0 Å². The van der Waals surface area contributed by atoms with Crippen LogP contribution in [0, 0.1) is 0 Å². The molecule has 0 radical (unpaired) electrons. The number of thiocarbonyl (C=S) groups is 1. The topological polar surface area (TPSA) is 96.0 Å². The predicted octanol–water partition coefficient (Wildman–Crippen LogP) is 5.78. The first kappa shape index (κ1) is 25.2. The number of carbonyl (C=O) groups is 2. The van der Waals surface area contributed by atoms with Gasteiger partial charge in [0.15, 0.2) is 10.9 Å². The van der Waals surface area contributed by atoms with E-state index in [9.17, 15) is 9.59 Å². The maximum Gasteiger partial charge on any atom is 0.239 e. The molecule has 0 saturated carbocycles. The minimum atomic E-state index is -0.323. The van der Waals surface area contributed by atoms with Gasteiger partial charge < -0.3 is 10.6 Å². The van der Waals surface area contributed by atoms with E-state index in [4.69, 9.17) is 12.2 Å². The normalized spacial score (nSPS) is 11.5. The lowest BCUT2D eigenvalue weighted by molar-refractivity contribution is -0.115. The van der Waals surface area contributed by atoms with Crippen molar-refractivity contribution in [2.75, 3.05) is 21.7 Å². The van der Waals surface area contributed by atoms with Crippen molar-refractivity contribution in [3.05, 3.63) is 54.1 Å². The SMILES string of the molecule is CCSc1nsc(NC(=O)C(C)Sc2cccc(NC(=S)Nc3ccc(C(C)=O)cc3)c2)n1. The second kappa shape index (κ2) is 12.1. The van der Waals surface area contributed by atoms with Gasteiger partial charge in [0, 0.05) is 33.4 Å². The van der Waals surface area contributed by atoms with Crippen LogP contribution in [-0.4, -0.2) is 37.2 Å². The summed E-state index contributed by atoms with van der Waals surface area (Å²) in [4.78, 5) is 29.2. The molecule has 0 bridgehead atoms. The Balaban J connectivity index is 1.54. The molecule has 1 atom stereocenters. The minimum absolute atomic E-state index is 0.0167. The number of hydrogen-bond donors (Lipinski definition) is 3. The summed E-state index contributed by atoms with van der Waals surface area (Å²) in [7, 11) is 0. The number of carbonyl (C=O) groups excluding carboxylic acids is 2. The minimum Gasteiger partial charge on any atom is -0.332 e. The van der Waals surface area contributed by atoms with Crippen molar-refractivity contribution in [2.24, 2.45) is 0 Å². The van der Waals surface area contributed by atoms with Crippen LogP contribution < -0.4 is 16.0 Å². The molecule has 0 aliphatic carbocycles. The average Bonchev–Trinajstić information content (AvgIpc) is 3.21. The molecule has 11 heteroatoms. The highest BCUT2D eigenvalue weighted by Crippen LogP contribution is 2.27. The summed E-state index contributed by atoms with van der Waals surface area (Å²) < 4.78 is 4.21. The Morgan fingerprint density at radius 3 is 2.52 bits per heavy atom. The molecule has 3 aromatic rings. The predicted molar refractivity (Wildman–Crippen MR) is 143 cm³/mol. The van der Waals surface area contributed by atoms with E-state index < -0.39 is 0 Å². The third-order valence-corrected chi connectivity index (χ3v) is 7.01. The van der Waals surface area contributed by atoms with Crippen molar-refractivity contribution >= 4 is 80.6 Å². The zero-order valence-corrected chi connectivity index (χ0v) is 21.5. The smallest absolute Gasteiger partial charge is 0.239 e. The van der Waals surface area contributed by atoms with Gasteiger partial charge in [0.1, 0.15) is 0 Å². The van der Waals surface area contributed by atoms with Crippen LogP contribution in [0.5, 0.6) is 0 Å².